The van der Waals surface area contributed by atoms with E-state index < -0.39 is 25.2 Å². The molecule has 2 aliphatic rings. The average Bonchev–Trinajstić information content (AvgIpc) is 3.35. The van der Waals surface area contributed by atoms with E-state index in [4.69, 9.17) is 31.3 Å². The van der Waals surface area contributed by atoms with E-state index in [1.165, 1.54) is 18.2 Å². The predicted molar refractivity (Wildman–Crippen MR) is 121 cm³/mol. The Hall–Kier alpha value is -1.72. The Kier molecular flexibility index (Phi) is 7.06. The summed E-state index contributed by atoms with van der Waals surface area (Å²) >= 11 is 5.02. The summed E-state index contributed by atoms with van der Waals surface area (Å²) in [5.41, 5.74) is 9.01. The summed E-state index contributed by atoms with van der Waals surface area (Å²) < 4.78 is 18.3. The van der Waals surface area contributed by atoms with E-state index in [1.807, 2.05) is 6.92 Å². The smallest absolute Gasteiger partial charge is 0.167 e. The van der Waals surface area contributed by atoms with Crippen LogP contribution in [-0.2, 0) is 25.6 Å². The van der Waals surface area contributed by atoms with Crippen molar-refractivity contribution in [1.82, 2.24) is 19.5 Å². The van der Waals surface area contributed by atoms with Crippen LogP contribution in [-0.4, -0.2) is 50.0 Å². The molecule has 32 heavy (non-hydrogen) atoms. The van der Waals surface area contributed by atoms with Crippen molar-refractivity contribution in [3.63, 3.8) is 0 Å². The number of fused-ring (bicyclic) bond motifs is 1. The fourth-order valence-corrected chi connectivity index (χ4v) is 5.02. The number of nitrogens with zero attached hydrogens (tertiary/aromatic N) is 4. The monoisotopic (exact) mass is 480 g/mol. The highest BCUT2D eigenvalue weighted by Crippen LogP contribution is 2.42. The van der Waals surface area contributed by atoms with Crippen molar-refractivity contribution in [3.8, 4) is 0 Å². The first kappa shape index (κ1) is 23.4. The van der Waals surface area contributed by atoms with Crippen LogP contribution in [0, 0.1) is 5.92 Å². The molecule has 0 spiro atoms. The lowest BCUT2D eigenvalue weighted by Crippen LogP contribution is -2.27. The maximum atomic E-state index is 12.6. The number of allylic oxidation sites excluding steroid dienone is 2. The molecule has 0 amide bonds. The van der Waals surface area contributed by atoms with E-state index in [-0.39, 0.29) is 25.5 Å². The van der Waals surface area contributed by atoms with Crippen LogP contribution in [0.1, 0.15) is 38.8 Å². The molecule has 5 atom stereocenters. The summed E-state index contributed by atoms with van der Waals surface area (Å²) in [5, 5.41) is 10.4. The molecular weight excluding hydrogens is 453 g/mol. The molecule has 2 aromatic rings. The second-order valence-corrected chi connectivity index (χ2v) is 11.0. The third kappa shape index (κ3) is 5.26. The molecule has 0 saturated carbocycles. The Bertz CT molecular complexity index is 1080. The number of imidazole rings is 1. The molecule has 3 N–H and O–H groups in total. The van der Waals surface area contributed by atoms with Crippen LogP contribution >= 0.6 is 6.72 Å². The number of anilines is 1. The van der Waals surface area contributed by atoms with Crippen molar-refractivity contribution in [3.05, 3.63) is 36.5 Å². The average molecular weight is 481 g/mol. The Morgan fingerprint density at radius 2 is 2.25 bits per heavy atom. The first-order chi connectivity index (χ1) is 15.2. The lowest BCUT2D eigenvalue weighted by Gasteiger charge is -2.30. The van der Waals surface area contributed by atoms with Gasteiger partial charge in [-0.05, 0) is 37.7 Å². The van der Waals surface area contributed by atoms with Crippen molar-refractivity contribution in [2.24, 2.45) is 5.92 Å². The topological polar surface area (TPSA) is 141 Å². The molecule has 5 unspecified atom stereocenters. The molecule has 0 aromatic carbocycles. The highest BCUT2D eigenvalue weighted by atomic mass is 32.5. The van der Waals surface area contributed by atoms with Gasteiger partial charge < -0.3 is 29.5 Å². The van der Waals surface area contributed by atoms with Crippen molar-refractivity contribution in [1.29, 1.82) is 0 Å². The highest BCUT2D eigenvalue weighted by molar-refractivity contribution is 8.06. The minimum Gasteiger partial charge on any atom is -0.780 e. The van der Waals surface area contributed by atoms with Crippen LogP contribution in [0.25, 0.3) is 11.2 Å². The molecular formula is C20H27N5O5PS-. The summed E-state index contributed by atoms with van der Waals surface area (Å²) in [4.78, 5) is 24.9. The zero-order valence-corrected chi connectivity index (χ0v) is 19.5. The summed E-state index contributed by atoms with van der Waals surface area (Å²) in [7, 11) is 0. The van der Waals surface area contributed by atoms with Crippen molar-refractivity contribution in [2.45, 2.75) is 51.0 Å². The zero-order chi connectivity index (χ0) is 22.9. The first-order valence-corrected chi connectivity index (χ1v) is 13.0. The fourth-order valence-electron chi connectivity index (χ4n) is 3.95. The van der Waals surface area contributed by atoms with Gasteiger partial charge in [-0.3, -0.25) is 4.57 Å². The molecule has 3 heterocycles. The largest absolute Gasteiger partial charge is 0.780 e. The van der Waals surface area contributed by atoms with Crippen LogP contribution in [0.4, 0.5) is 5.82 Å². The third-order valence-corrected chi connectivity index (χ3v) is 7.45. The van der Waals surface area contributed by atoms with Crippen LogP contribution in [0.2, 0.25) is 0 Å². The maximum absolute atomic E-state index is 12.6. The van der Waals surface area contributed by atoms with Gasteiger partial charge in [0.25, 0.3) is 0 Å². The van der Waals surface area contributed by atoms with Gasteiger partial charge in [-0.15, -0.1) is 0 Å². The molecule has 4 rings (SSSR count). The standard InChI is InChI=1S/C20H28N5O5PS/c1-12(2)14-5-3-13(4-6-14)8-28-31(27,32)29-9-16-15(26)7-17(30-16)25-11-24-18-19(21)22-10-23-20(18)25/h3,10-11,14-17,26H,1,4-9H2,2H3,(H,27,32)(H2,21,22,23)/p-1. The number of aromatic nitrogens is 4. The van der Waals surface area contributed by atoms with Crippen LogP contribution < -0.4 is 10.6 Å². The van der Waals surface area contributed by atoms with Gasteiger partial charge in [0.15, 0.2) is 11.5 Å². The summed E-state index contributed by atoms with van der Waals surface area (Å²) in [5.74, 6) is 0.745. The van der Waals surface area contributed by atoms with E-state index in [1.54, 1.807) is 4.57 Å². The SMILES string of the molecule is C=C(C)C1CC=C(COP([O-])(=S)OCC2OC(n3cnc4c(N)ncnc43)CC2O)CC1. The normalized spacial score (nSPS) is 27.9. The second-order valence-electron chi connectivity index (χ2n) is 8.21. The molecule has 1 aliphatic carbocycles. The third-order valence-electron chi connectivity index (χ3n) is 5.91. The highest BCUT2D eigenvalue weighted by Gasteiger charge is 2.36. The van der Waals surface area contributed by atoms with E-state index in [0.717, 1.165) is 24.8 Å². The fraction of sp³-hybridized carbons (Fsp3) is 0.550. The lowest BCUT2D eigenvalue weighted by atomic mass is 9.86. The lowest BCUT2D eigenvalue weighted by molar-refractivity contribution is -0.209. The number of ether oxygens (including phenoxy) is 1. The van der Waals surface area contributed by atoms with E-state index in [0.29, 0.717) is 17.1 Å². The Morgan fingerprint density at radius 3 is 2.97 bits per heavy atom. The van der Waals surface area contributed by atoms with Crippen molar-refractivity contribution >= 4 is 35.5 Å². The number of aliphatic hydroxyl groups is 1. The molecule has 2 aromatic heterocycles. The number of hydrogen-bond donors (Lipinski definition) is 2. The number of hydrogen-bond acceptors (Lipinski definition) is 10. The minimum absolute atomic E-state index is 0.154. The van der Waals surface area contributed by atoms with Gasteiger partial charge in [-0.25, -0.2) is 15.0 Å². The van der Waals surface area contributed by atoms with E-state index in [2.05, 4.69) is 27.6 Å². The number of aliphatic hydroxyl groups excluding tert-OH is 1. The van der Waals surface area contributed by atoms with Crippen LogP contribution in [0.3, 0.4) is 0 Å². The summed E-state index contributed by atoms with van der Waals surface area (Å²) in [6, 6.07) is 0. The summed E-state index contributed by atoms with van der Waals surface area (Å²) in [6.45, 7) is 2.34. The van der Waals surface area contributed by atoms with Crippen LogP contribution in [0.5, 0.6) is 0 Å². The van der Waals surface area contributed by atoms with Gasteiger partial charge in [0, 0.05) is 6.42 Å². The Balaban J connectivity index is 1.30. The minimum atomic E-state index is -3.72. The Labute approximate surface area is 191 Å². The van der Waals surface area contributed by atoms with E-state index in [9.17, 15) is 10.00 Å². The van der Waals surface area contributed by atoms with Gasteiger partial charge in [-0.2, -0.15) is 0 Å². The predicted octanol–water partition coefficient (Wildman–Crippen LogP) is 1.98. The van der Waals surface area contributed by atoms with Gasteiger partial charge in [0.1, 0.15) is 30.9 Å². The maximum Gasteiger partial charge on any atom is 0.167 e. The van der Waals surface area contributed by atoms with E-state index >= 15 is 0 Å². The second kappa shape index (κ2) is 9.64. The quantitative estimate of drug-likeness (QED) is 0.426. The molecule has 0 radical (unpaired) electrons. The molecule has 1 aliphatic heterocycles. The van der Waals surface area contributed by atoms with Crippen molar-refractivity contribution in [2.75, 3.05) is 18.9 Å². The van der Waals surface area contributed by atoms with Gasteiger partial charge in [-0.1, -0.05) is 30.0 Å². The van der Waals surface area contributed by atoms with Gasteiger partial charge >= 0.3 is 0 Å². The molecule has 12 heteroatoms. The molecule has 1 saturated heterocycles. The van der Waals surface area contributed by atoms with Gasteiger partial charge in [0.05, 0.1) is 25.6 Å². The number of rotatable bonds is 8. The van der Waals surface area contributed by atoms with Gasteiger partial charge in [0.2, 0.25) is 0 Å². The zero-order valence-electron chi connectivity index (χ0n) is 17.8. The molecule has 10 nitrogen and oxygen atoms in total. The van der Waals surface area contributed by atoms with Crippen LogP contribution in [0.15, 0.2) is 36.5 Å². The molecule has 0 bridgehead atoms. The molecule has 174 valence electrons. The molecule has 1 fully saturated rings. The van der Waals surface area contributed by atoms with Crippen molar-refractivity contribution < 1.29 is 23.8 Å². The first-order valence-electron chi connectivity index (χ1n) is 10.4. The number of nitrogens with two attached hydrogens (primary N) is 1. The Morgan fingerprint density at radius 1 is 1.44 bits per heavy atom. The summed E-state index contributed by atoms with van der Waals surface area (Å²) in [6.07, 6.45) is 5.91. The number of nitrogen functional groups attached to an aromatic ring is 1.